The summed E-state index contributed by atoms with van der Waals surface area (Å²) in [6.45, 7) is 4.00. The maximum Gasteiger partial charge on any atom is 0.255 e. The number of rotatable bonds is 6. The van der Waals surface area contributed by atoms with Crippen LogP contribution in [0.25, 0.3) is 10.9 Å². The van der Waals surface area contributed by atoms with Crippen molar-refractivity contribution in [3.63, 3.8) is 0 Å². The first-order chi connectivity index (χ1) is 18.2. The van der Waals surface area contributed by atoms with Gasteiger partial charge in [0.1, 0.15) is 5.82 Å². The molecule has 0 aliphatic heterocycles. The number of pyridine rings is 3. The molecule has 5 aromatic rings. The van der Waals surface area contributed by atoms with E-state index in [1.54, 1.807) is 61.2 Å². The summed E-state index contributed by atoms with van der Waals surface area (Å²) in [5.41, 5.74) is 4.98. The maximum atomic E-state index is 12.7. The van der Waals surface area contributed by atoms with Gasteiger partial charge in [0.25, 0.3) is 5.91 Å². The number of nitrogens with one attached hydrogen (secondary N) is 3. The molecule has 8 heteroatoms. The Morgan fingerprint density at radius 2 is 1.51 bits per heavy atom. The molecule has 0 spiro atoms. The average Bonchev–Trinajstić information content (AvgIpc) is 2.96. The van der Waals surface area contributed by atoms with E-state index >= 15 is 0 Å². The average molecular weight is 488 g/mol. The van der Waals surface area contributed by atoms with Crippen LogP contribution in [0.4, 0.5) is 28.6 Å². The van der Waals surface area contributed by atoms with Crippen molar-refractivity contribution in [1.82, 2.24) is 15.0 Å². The van der Waals surface area contributed by atoms with E-state index in [-0.39, 0.29) is 5.91 Å². The normalized spacial score (nSPS) is 9.97. The van der Waals surface area contributed by atoms with E-state index in [1.165, 1.54) is 0 Å². The first-order valence-corrected chi connectivity index (χ1v) is 11.8. The number of nitrogens with zero attached hydrogens (tertiary/aromatic N) is 4. The molecule has 0 radical (unpaired) electrons. The Morgan fingerprint density at radius 1 is 0.784 bits per heavy atom. The number of nitriles is 1. The number of amides is 1. The molecule has 0 aliphatic carbocycles. The molecule has 8 nitrogen and oxygen atoms in total. The Hall–Kier alpha value is -5.29. The Morgan fingerprint density at radius 3 is 2.22 bits per heavy atom. The Labute approximate surface area is 215 Å². The lowest BCUT2D eigenvalue weighted by Gasteiger charge is -2.11. The molecule has 0 unspecified atom stereocenters. The van der Waals surface area contributed by atoms with Crippen LogP contribution in [0.1, 0.15) is 29.8 Å². The Kier molecular flexibility index (Phi) is 7.99. The molecule has 2 aromatic carbocycles. The van der Waals surface area contributed by atoms with E-state index in [1.807, 2.05) is 50.2 Å². The van der Waals surface area contributed by atoms with E-state index in [4.69, 9.17) is 0 Å². The fourth-order valence-electron chi connectivity index (χ4n) is 3.51. The summed E-state index contributed by atoms with van der Waals surface area (Å²) in [6.07, 6.45) is 6.70. The fraction of sp³-hybridized carbons (Fsp3) is 0.0690. The van der Waals surface area contributed by atoms with Gasteiger partial charge in [-0.1, -0.05) is 13.8 Å². The molecule has 3 N–H and O–H groups in total. The van der Waals surface area contributed by atoms with E-state index in [0.717, 1.165) is 28.0 Å². The third-order valence-electron chi connectivity index (χ3n) is 5.27. The van der Waals surface area contributed by atoms with Gasteiger partial charge in [-0.25, -0.2) is 4.98 Å². The molecule has 1 amide bonds. The highest BCUT2D eigenvalue weighted by Crippen LogP contribution is 2.26. The van der Waals surface area contributed by atoms with Crippen LogP contribution in [-0.4, -0.2) is 20.9 Å². The molecule has 0 aliphatic rings. The third kappa shape index (κ3) is 6.24. The number of benzene rings is 2. The van der Waals surface area contributed by atoms with Crippen molar-refractivity contribution in [1.29, 1.82) is 5.26 Å². The van der Waals surface area contributed by atoms with Crippen LogP contribution >= 0.6 is 0 Å². The zero-order chi connectivity index (χ0) is 26.0. The second-order valence-electron chi connectivity index (χ2n) is 7.65. The predicted octanol–water partition coefficient (Wildman–Crippen LogP) is 6.66. The summed E-state index contributed by atoms with van der Waals surface area (Å²) in [6, 6.07) is 23.8. The van der Waals surface area contributed by atoms with Crippen molar-refractivity contribution in [2.75, 3.05) is 16.0 Å². The van der Waals surface area contributed by atoms with Crippen LogP contribution in [0.3, 0.4) is 0 Å². The summed E-state index contributed by atoms with van der Waals surface area (Å²) < 4.78 is 0. The second-order valence-corrected chi connectivity index (χ2v) is 7.65. The van der Waals surface area contributed by atoms with Crippen LogP contribution in [0.15, 0.2) is 97.6 Å². The molecule has 0 atom stereocenters. The number of anilines is 5. The molecule has 37 heavy (non-hydrogen) atoms. The summed E-state index contributed by atoms with van der Waals surface area (Å²) in [7, 11) is 0. The largest absolute Gasteiger partial charge is 0.355 e. The summed E-state index contributed by atoms with van der Waals surface area (Å²) in [5.74, 6) is 0.427. The Balaban J connectivity index is 0.00000156. The lowest BCUT2D eigenvalue weighted by molar-refractivity contribution is 0.102. The van der Waals surface area contributed by atoms with Crippen LogP contribution < -0.4 is 16.0 Å². The van der Waals surface area contributed by atoms with Crippen molar-refractivity contribution in [3.8, 4) is 6.07 Å². The number of hydrogen-bond acceptors (Lipinski definition) is 7. The van der Waals surface area contributed by atoms with Crippen LogP contribution in [0.5, 0.6) is 0 Å². The molecule has 3 heterocycles. The van der Waals surface area contributed by atoms with Gasteiger partial charge in [-0.15, -0.1) is 0 Å². The zero-order valence-corrected chi connectivity index (χ0v) is 20.4. The van der Waals surface area contributed by atoms with Crippen LogP contribution in [-0.2, 0) is 0 Å². The van der Waals surface area contributed by atoms with Gasteiger partial charge in [-0.3, -0.25) is 14.8 Å². The van der Waals surface area contributed by atoms with Crippen LogP contribution in [0, 0.1) is 11.3 Å². The van der Waals surface area contributed by atoms with Crippen molar-refractivity contribution in [2.24, 2.45) is 0 Å². The van der Waals surface area contributed by atoms with Crippen LogP contribution in [0.2, 0.25) is 0 Å². The van der Waals surface area contributed by atoms with Gasteiger partial charge in [0.2, 0.25) is 0 Å². The van der Waals surface area contributed by atoms with Crippen molar-refractivity contribution >= 4 is 45.4 Å². The first kappa shape index (κ1) is 24.8. The monoisotopic (exact) mass is 487 g/mol. The quantitative estimate of drug-likeness (QED) is 0.245. The van der Waals surface area contributed by atoms with Gasteiger partial charge >= 0.3 is 0 Å². The molecule has 0 bridgehead atoms. The number of hydrogen-bond donors (Lipinski definition) is 3. The first-order valence-electron chi connectivity index (χ1n) is 11.8. The lowest BCUT2D eigenvalue weighted by atomic mass is 10.1. The fourth-order valence-corrected chi connectivity index (χ4v) is 3.51. The number of aromatic nitrogens is 3. The Bertz CT molecular complexity index is 1530. The van der Waals surface area contributed by atoms with E-state index in [0.29, 0.717) is 22.6 Å². The molecule has 5 rings (SSSR count). The summed E-state index contributed by atoms with van der Waals surface area (Å²) in [4.78, 5) is 25.4. The minimum absolute atomic E-state index is 0.235. The zero-order valence-electron chi connectivity index (χ0n) is 20.4. The second kappa shape index (κ2) is 11.9. The number of carbonyl (C=O) groups is 1. The lowest BCUT2D eigenvalue weighted by Crippen LogP contribution is -2.12. The smallest absolute Gasteiger partial charge is 0.255 e. The molecule has 0 saturated carbocycles. The van der Waals surface area contributed by atoms with Gasteiger partial charge in [0.15, 0.2) is 0 Å². The van der Waals surface area contributed by atoms with Gasteiger partial charge in [0, 0.05) is 46.6 Å². The van der Waals surface area contributed by atoms with Gasteiger partial charge in [0.05, 0.1) is 29.0 Å². The van der Waals surface area contributed by atoms with Crippen molar-refractivity contribution < 1.29 is 4.79 Å². The van der Waals surface area contributed by atoms with E-state index < -0.39 is 0 Å². The highest BCUT2D eigenvalue weighted by Gasteiger charge is 2.08. The van der Waals surface area contributed by atoms with Crippen molar-refractivity contribution in [3.05, 3.63) is 109 Å². The predicted molar refractivity (Wildman–Crippen MR) is 147 cm³/mol. The molecule has 3 aromatic heterocycles. The topological polar surface area (TPSA) is 116 Å². The summed E-state index contributed by atoms with van der Waals surface area (Å²) in [5, 5.41) is 19.4. The van der Waals surface area contributed by atoms with Gasteiger partial charge < -0.3 is 16.0 Å². The van der Waals surface area contributed by atoms with E-state index in [9.17, 15) is 10.1 Å². The SMILES string of the molecule is CC.N#Cc1ccc2nccc(Nc3ccc(C(=O)Nc4ccc(Nc5ccncc5)nc4)cc3)c2c1. The maximum absolute atomic E-state index is 12.7. The summed E-state index contributed by atoms with van der Waals surface area (Å²) >= 11 is 0. The molecular formula is C29H25N7O. The number of fused-ring (bicyclic) bond motifs is 1. The highest BCUT2D eigenvalue weighted by atomic mass is 16.1. The molecule has 0 saturated heterocycles. The minimum atomic E-state index is -0.235. The van der Waals surface area contributed by atoms with Gasteiger partial charge in [-0.05, 0) is 72.8 Å². The third-order valence-corrected chi connectivity index (χ3v) is 5.27. The van der Waals surface area contributed by atoms with Crippen molar-refractivity contribution in [2.45, 2.75) is 13.8 Å². The molecule has 182 valence electrons. The minimum Gasteiger partial charge on any atom is -0.355 e. The molecular weight excluding hydrogens is 462 g/mol. The highest BCUT2D eigenvalue weighted by molar-refractivity contribution is 6.04. The molecule has 0 fully saturated rings. The van der Waals surface area contributed by atoms with E-state index in [2.05, 4.69) is 37.0 Å². The standard InChI is InChI=1S/C27H19N7O.C2H6/c28-16-18-1-7-24-23(15-18)25(11-14-30-24)32-20-4-2-19(3-5-20)27(35)34-22-6-8-26(31-17-22)33-21-9-12-29-13-10-21;1-2/h1-15,17H,(H,30,32)(H,34,35)(H,29,31,33);1-2H3. The van der Waals surface area contributed by atoms with Gasteiger partial charge in [-0.2, -0.15) is 5.26 Å². The number of carbonyl (C=O) groups excluding carboxylic acids is 1.